The maximum Gasteiger partial charge on any atom is 0.339 e. The van der Waals surface area contributed by atoms with E-state index in [0.717, 1.165) is 4.47 Å². The quantitative estimate of drug-likeness (QED) is 0.456. The first kappa shape index (κ1) is 16.7. The molecular weight excluding hydrogens is 396 g/mol. The molecule has 3 aromatic carbocycles. The van der Waals surface area contributed by atoms with Crippen molar-refractivity contribution in [2.75, 3.05) is 6.61 Å². The molecule has 26 heavy (non-hydrogen) atoms. The second-order valence-electron chi connectivity index (χ2n) is 5.93. The molecule has 0 unspecified atom stereocenters. The number of halogens is 1. The van der Waals surface area contributed by atoms with Gasteiger partial charge in [0, 0.05) is 26.7 Å². The smallest absolute Gasteiger partial charge is 0.339 e. The third kappa shape index (κ3) is 2.31. The number of hydrogen-bond donors (Lipinski definition) is 0. The van der Waals surface area contributed by atoms with Crippen molar-refractivity contribution in [2.45, 2.75) is 6.92 Å². The van der Waals surface area contributed by atoms with Gasteiger partial charge in [0.15, 0.2) is 11.6 Å². The molecule has 0 heterocycles. The summed E-state index contributed by atoms with van der Waals surface area (Å²) < 4.78 is 5.93. The van der Waals surface area contributed by atoms with Gasteiger partial charge in [0.2, 0.25) is 0 Å². The molecule has 5 heteroatoms. The van der Waals surface area contributed by atoms with Gasteiger partial charge in [-0.1, -0.05) is 52.3 Å². The summed E-state index contributed by atoms with van der Waals surface area (Å²) in [5.41, 5.74) is 1.17. The predicted molar refractivity (Wildman–Crippen MR) is 101 cm³/mol. The highest BCUT2D eigenvalue weighted by Gasteiger charge is 2.35. The number of esters is 1. The standard InChI is InChI=1S/C21H13BrO4/c1-2-26-21(25)18-11-8-5-9-16(22)14(11)10-15-17(18)20(24)13-7-4-3-6-12(13)19(15)23/h3-10H,2H2,1H3. The Hall–Kier alpha value is -2.79. The first-order valence-electron chi connectivity index (χ1n) is 8.15. The maximum atomic E-state index is 13.1. The molecule has 0 spiro atoms. The number of carbonyl (C=O) groups is 3. The normalized spacial score (nSPS) is 12.7. The van der Waals surface area contributed by atoms with Crippen LogP contribution in [0.5, 0.6) is 0 Å². The van der Waals surface area contributed by atoms with Gasteiger partial charge < -0.3 is 4.74 Å². The van der Waals surface area contributed by atoms with Crippen molar-refractivity contribution in [3.8, 4) is 0 Å². The van der Waals surface area contributed by atoms with Crippen molar-refractivity contribution in [3.63, 3.8) is 0 Å². The highest BCUT2D eigenvalue weighted by Crippen LogP contribution is 2.37. The first-order chi connectivity index (χ1) is 12.5. The summed E-state index contributed by atoms with van der Waals surface area (Å²) in [5, 5.41) is 1.27. The van der Waals surface area contributed by atoms with E-state index in [0.29, 0.717) is 21.9 Å². The van der Waals surface area contributed by atoms with Crippen LogP contribution in [0.1, 0.15) is 49.1 Å². The lowest BCUT2D eigenvalue weighted by Gasteiger charge is -2.21. The highest BCUT2D eigenvalue weighted by atomic mass is 79.9. The Kier molecular flexibility index (Phi) is 3.96. The number of hydrogen-bond acceptors (Lipinski definition) is 4. The molecule has 0 atom stereocenters. The number of benzene rings is 3. The largest absolute Gasteiger partial charge is 0.462 e. The highest BCUT2D eigenvalue weighted by molar-refractivity contribution is 9.10. The Morgan fingerprint density at radius 2 is 1.62 bits per heavy atom. The average molecular weight is 409 g/mol. The number of ether oxygens (including phenoxy) is 1. The molecule has 4 rings (SSSR count). The molecule has 0 aromatic heterocycles. The van der Waals surface area contributed by atoms with Crippen molar-refractivity contribution in [1.29, 1.82) is 0 Å². The summed E-state index contributed by atoms with van der Waals surface area (Å²) in [6, 6.07) is 13.7. The fourth-order valence-electron chi connectivity index (χ4n) is 3.38. The van der Waals surface area contributed by atoms with Crippen molar-refractivity contribution in [2.24, 2.45) is 0 Å². The Balaban J connectivity index is 2.14. The van der Waals surface area contributed by atoms with Crippen LogP contribution >= 0.6 is 15.9 Å². The Bertz CT molecular complexity index is 1110. The summed E-state index contributed by atoms with van der Waals surface area (Å²) in [6.07, 6.45) is 0. The third-order valence-corrected chi connectivity index (χ3v) is 5.19. The Morgan fingerprint density at radius 1 is 0.923 bits per heavy atom. The van der Waals surface area contributed by atoms with E-state index in [2.05, 4.69) is 15.9 Å². The zero-order chi connectivity index (χ0) is 18.4. The van der Waals surface area contributed by atoms with E-state index in [1.807, 2.05) is 6.07 Å². The lowest BCUT2D eigenvalue weighted by molar-refractivity contribution is 0.0526. The zero-order valence-corrected chi connectivity index (χ0v) is 15.4. The molecule has 0 fully saturated rings. The maximum absolute atomic E-state index is 13.1. The fourth-order valence-corrected chi connectivity index (χ4v) is 3.86. The molecule has 0 bridgehead atoms. The van der Waals surface area contributed by atoms with E-state index in [-0.39, 0.29) is 34.9 Å². The van der Waals surface area contributed by atoms with Crippen LogP contribution in [0.15, 0.2) is 53.0 Å². The summed E-state index contributed by atoms with van der Waals surface area (Å²) in [4.78, 5) is 38.9. The van der Waals surface area contributed by atoms with Crippen LogP contribution in [0.2, 0.25) is 0 Å². The molecule has 0 aliphatic heterocycles. The van der Waals surface area contributed by atoms with E-state index in [1.165, 1.54) is 0 Å². The number of rotatable bonds is 2. The van der Waals surface area contributed by atoms with Crippen molar-refractivity contribution >= 4 is 44.2 Å². The first-order valence-corrected chi connectivity index (χ1v) is 8.94. The Morgan fingerprint density at radius 3 is 2.31 bits per heavy atom. The number of ketones is 2. The van der Waals surface area contributed by atoms with E-state index < -0.39 is 5.97 Å². The van der Waals surface area contributed by atoms with Gasteiger partial charge in [0.1, 0.15) is 0 Å². The Labute approximate surface area is 157 Å². The van der Waals surface area contributed by atoms with E-state index in [9.17, 15) is 14.4 Å². The molecule has 0 amide bonds. The van der Waals surface area contributed by atoms with E-state index >= 15 is 0 Å². The number of fused-ring (bicyclic) bond motifs is 3. The molecule has 0 saturated carbocycles. The van der Waals surface area contributed by atoms with Crippen LogP contribution < -0.4 is 0 Å². The van der Waals surface area contributed by atoms with Gasteiger partial charge >= 0.3 is 5.97 Å². The van der Waals surface area contributed by atoms with Crippen LogP contribution in [-0.4, -0.2) is 24.1 Å². The molecule has 128 valence electrons. The molecule has 1 aliphatic carbocycles. The van der Waals surface area contributed by atoms with Gasteiger partial charge in [0.25, 0.3) is 0 Å². The van der Waals surface area contributed by atoms with Gasteiger partial charge in [-0.3, -0.25) is 9.59 Å². The van der Waals surface area contributed by atoms with Crippen LogP contribution in [-0.2, 0) is 4.74 Å². The molecule has 1 aliphatic rings. The molecule has 3 aromatic rings. The summed E-state index contributed by atoms with van der Waals surface area (Å²) in [5.74, 6) is -1.20. The van der Waals surface area contributed by atoms with Crippen LogP contribution in [0.25, 0.3) is 10.8 Å². The van der Waals surface area contributed by atoms with E-state index in [4.69, 9.17) is 4.74 Å². The van der Waals surface area contributed by atoms with Gasteiger partial charge in [-0.15, -0.1) is 0 Å². The fraction of sp³-hybridized carbons (Fsp3) is 0.0952. The SMILES string of the molecule is CCOC(=O)c1c2c(cc3c(Br)cccc13)C(=O)c1ccccc1C2=O. The molecule has 0 N–H and O–H groups in total. The summed E-state index contributed by atoms with van der Waals surface area (Å²) >= 11 is 3.47. The van der Waals surface area contributed by atoms with Crippen LogP contribution in [0.4, 0.5) is 0 Å². The lowest BCUT2D eigenvalue weighted by Crippen LogP contribution is -2.25. The molecule has 0 saturated heterocycles. The monoisotopic (exact) mass is 408 g/mol. The third-order valence-electron chi connectivity index (χ3n) is 4.50. The van der Waals surface area contributed by atoms with Crippen molar-refractivity contribution in [1.82, 2.24) is 0 Å². The minimum atomic E-state index is -0.604. The number of carbonyl (C=O) groups excluding carboxylic acids is 3. The predicted octanol–water partition coefficient (Wildman–Crippen LogP) is 4.55. The molecule has 0 radical (unpaired) electrons. The average Bonchev–Trinajstić information content (AvgIpc) is 2.65. The summed E-state index contributed by atoms with van der Waals surface area (Å²) in [6.45, 7) is 1.88. The zero-order valence-electron chi connectivity index (χ0n) is 13.8. The minimum absolute atomic E-state index is 0.123. The van der Waals surface area contributed by atoms with Gasteiger partial charge in [-0.05, 0) is 29.8 Å². The lowest BCUT2D eigenvalue weighted by atomic mass is 9.80. The molecule has 4 nitrogen and oxygen atoms in total. The minimum Gasteiger partial charge on any atom is -0.462 e. The summed E-state index contributed by atoms with van der Waals surface area (Å²) in [7, 11) is 0. The van der Waals surface area contributed by atoms with Crippen LogP contribution in [0, 0.1) is 0 Å². The molecular formula is C21H13BrO4. The topological polar surface area (TPSA) is 60.4 Å². The second kappa shape index (κ2) is 6.18. The van der Waals surface area contributed by atoms with Gasteiger partial charge in [-0.25, -0.2) is 4.79 Å². The van der Waals surface area contributed by atoms with E-state index in [1.54, 1.807) is 49.4 Å². The van der Waals surface area contributed by atoms with Gasteiger partial charge in [0.05, 0.1) is 12.2 Å². The van der Waals surface area contributed by atoms with Crippen molar-refractivity contribution in [3.05, 3.63) is 80.8 Å². The second-order valence-corrected chi connectivity index (χ2v) is 6.79. The van der Waals surface area contributed by atoms with Crippen molar-refractivity contribution < 1.29 is 19.1 Å². The van der Waals surface area contributed by atoms with Crippen LogP contribution in [0.3, 0.4) is 0 Å². The van der Waals surface area contributed by atoms with Gasteiger partial charge in [-0.2, -0.15) is 0 Å².